The van der Waals surface area contributed by atoms with E-state index in [0.29, 0.717) is 31.1 Å². The minimum absolute atomic E-state index is 0.0134. The lowest BCUT2D eigenvalue weighted by Gasteiger charge is -2.37. The minimum atomic E-state index is -3.51. The van der Waals surface area contributed by atoms with E-state index in [1.165, 1.54) is 11.1 Å². The molecule has 0 radical (unpaired) electrons. The van der Waals surface area contributed by atoms with Crippen LogP contribution in [0.4, 0.5) is 0 Å². The average Bonchev–Trinajstić information content (AvgIpc) is 2.84. The van der Waals surface area contributed by atoms with E-state index in [2.05, 4.69) is 35.3 Å². The average molecular weight is 470 g/mol. The summed E-state index contributed by atoms with van der Waals surface area (Å²) in [5.74, 6) is 0.0134. The van der Waals surface area contributed by atoms with Gasteiger partial charge >= 0.3 is 0 Å². The van der Waals surface area contributed by atoms with Gasteiger partial charge in [0, 0.05) is 26.2 Å². The van der Waals surface area contributed by atoms with Crippen LogP contribution in [-0.2, 0) is 27.7 Å². The van der Waals surface area contributed by atoms with Crippen LogP contribution in [0.5, 0.6) is 0 Å². The first-order chi connectivity index (χ1) is 15.9. The molecule has 0 unspecified atom stereocenters. The number of carbonyl (C=O) groups excluding carboxylic acids is 1. The van der Waals surface area contributed by atoms with Gasteiger partial charge in [-0.15, -0.1) is 0 Å². The first-order valence-corrected chi connectivity index (χ1v) is 13.6. The molecule has 0 bridgehead atoms. The van der Waals surface area contributed by atoms with Crippen LogP contribution in [0.25, 0.3) is 0 Å². The predicted molar refractivity (Wildman–Crippen MR) is 130 cm³/mol. The monoisotopic (exact) mass is 469 g/mol. The van der Waals surface area contributed by atoms with Gasteiger partial charge in [-0.2, -0.15) is 4.31 Å². The summed E-state index contributed by atoms with van der Waals surface area (Å²) in [6.07, 6.45) is 5.08. The second-order valence-electron chi connectivity index (χ2n) is 9.16. The van der Waals surface area contributed by atoms with Gasteiger partial charge in [-0.25, -0.2) is 8.42 Å². The SMILES string of the molecule is CCCc1ccc(S(=O)(=O)N2CCN([C@@H](C)C(=O)N[C@@H]3CCCc4ccccc43)CC2)cc1. The molecule has 1 fully saturated rings. The molecule has 2 aliphatic rings. The molecule has 1 aliphatic heterocycles. The zero-order valence-corrected chi connectivity index (χ0v) is 20.5. The third-order valence-corrected chi connectivity index (χ3v) is 8.90. The van der Waals surface area contributed by atoms with Crippen LogP contribution in [0.1, 0.15) is 55.8 Å². The highest BCUT2D eigenvalue weighted by Crippen LogP contribution is 2.29. The molecular weight excluding hydrogens is 434 g/mol. The molecule has 1 aliphatic carbocycles. The van der Waals surface area contributed by atoms with Crippen LogP contribution >= 0.6 is 0 Å². The number of amides is 1. The number of sulfonamides is 1. The molecule has 4 rings (SSSR count). The lowest BCUT2D eigenvalue weighted by atomic mass is 9.87. The summed E-state index contributed by atoms with van der Waals surface area (Å²) in [5.41, 5.74) is 3.70. The highest BCUT2D eigenvalue weighted by Gasteiger charge is 2.32. The van der Waals surface area contributed by atoms with Gasteiger partial charge in [-0.3, -0.25) is 9.69 Å². The molecule has 1 amide bonds. The molecule has 33 heavy (non-hydrogen) atoms. The second kappa shape index (κ2) is 10.4. The first-order valence-electron chi connectivity index (χ1n) is 12.1. The van der Waals surface area contributed by atoms with Crippen molar-refractivity contribution in [3.8, 4) is 0 Å². The van der Waals surface area contributed by atoms with E-state index in [4.69, 9.17) is 0 Å². The zero-order chi connectivity index (χ0) is 23.4. The number of carbonyl (C=O) groups is 1. The molecule has 7 heteroatoms. The van der Waals surface area contributed by atoms with Crippen LogP contribution in [0.3, 0.4) is 0 Å². The van der Waals surface area contributed by atoms with Gasteiger partial charge in [0.25, 0.3) is 0 Å². The fourth-order valence-corrected chi connectivity index (χ4v) is 6.38. The smallest absolute Gasteiger partial charge is 0.243 e. The summed E-state index contributed by atoms with van der Waals surface area (Å²) in [6, 6.07) is 15.3. The summed E-state index contributed by atoms with van der Waals surface area (Å²) < 4.78 is 27.7. The molecule has 0 saturated carbocycles. The second-order valence-corrected chi connectivity index (χ2v) is 11.1. The van der Waals surface area contributed by atoms with Gasteiger partial charge in [0.05, 0.1) is 17.0 Å². The van der Waals surface area contributed by atoms with E-state index < -0.39 is 10.0 Å². The Kier molecular flexibility index (Phi) is 7.51. The first kappa shape index (κ1) is 23.9. The quantitative estimate of drug-likeness (QED) is 0.674. The van der Waals surface area contributed by atoms with Crippen LogP contribution < -0.4 is 5.32 Å². The molecular formula is C26H35N3O3S. The summed E-state index contributed by atoms with van der Waals surface area (Å²) in [5, 5.41) is 3.24. The molecule has 0 aromatic heterocycles. The molecule has 1 N–H and O–H groups in total. The Morgan fingerprint density at radius 2 is 1.76 bits per heavy atom. The van der Waals surface area contributed by atoms with Crippen LogP contribution in [0.2, 0.25) is 0 Å². The van der Waals surface area contributed by atoms with E-state index in [1.54, 1.807) is 16.4 Å². The summed E-state index contributed by atoms with van der Waals surface area (Å²) in [7, 11) is -3.51. The van der Waals surface area contributed by atoms with Crippen molar-refractivity contribution in [1.29, 1.82) is 0 Å². The fourth-order valence-electron chi connectivity index (χ4n) is 4.96. The Morgan fingerprint density at radius 1 is 1.06 bits per heavy atom. The zero-order valence-electron chi connectivity index (χ0n) is 19.7. The topological polar surface area (TPSA) is 69.7 Å². The number of benzene rings is 2. The summed E-state index contributed by atoms with van der Waals surface area (Å²) in [4.78, 5) is 15.4. The van der Waals surface area contributed by atoms with Crippen LogP contribution in [0.15, 0.2) is 53.4 Å². The molecule has 0 spiro atoms. The number of fused-ring (bicyclic) bond motifs is 1. The molecule has 2 aromatic carbocycles. The summed E-state index contributed by atoms with van der Waals surface area (Å²) >= 11 is 0. The van der Waals surface area contributed by atoms with Crippen molar-refractivity contribution in [3.05, 3.63) is 65.2 Å². The normalized spacial score (nSPS) is 20.7. The van der Waals surface area contributed by atoms with Crippen molar-refractivity contribution < 1.29 is 13.2 Å². The number of aryl methyl sites for hydroxylation is 2. The third-order valence-electron chi connectivity index (χ3n) is 6.99. The maximum absolute atomic E-state index is 13.1. The van der Waals surface area contributed by atoms with Crippen molar-refractivity contribution in [2.75, 3.05) is 26.2 Å². The van der Waals surface area contributed by atoms with E-state index in [0.717, 1.165) is 37.7 Å². The Labute approximate surface area is 198 Å². The maximum atomic E-state index is 13.1. The highest BCUT2D eigenvalue weighted by atomic mass is 32.2. The Morgan fingerprint density at radius 3 is 2.45 bits per heavy atom. The molecule has 178 valence electrons. The van der Waals surface area contributed by atoms with E-state index in [1.807, 2.05) is 25.1 Å². The Hall–Kier alpha value is -2.22. The number of hydrogen-bond acceptors (Lipinski definition) is 4. The highest BCUT2D eigenvalue weighted by molar-refractivity contribution is 7.89. The van der Waals surface area contributed by atoms with Gasteiger partial charge < -0.3 is 5.32 Å². The molecule has 2 aromatic rings. The van der Waals surface area contributed by atoms with Crippen molar-refractivity contribution in [3.63, 3.8) is 0 Å². The van der Waals surface area contributed by atoms with Gasteiger partial charge in [0.1, 0.15) is 0 Å². The van der Waals surface area contributed by atoms with E-state index in [-0.39, 0.29) is 18.0 Å². The standard InChI is InChI=1S/C26H35N3O3S/c1-3-7-21-12-14-23(15-13-21)33(31,32)29-18-16-28(17-19-29)20(2)26(30)27-25-11-6-9-22-8-4-5-10-24(22)25/h4-5,8,10,12-15,20,25H,3,6-7,9,11,16-19H2,1-2H3,(H,27,30)/t20-,25+/m0/s1. The number of nitrogens with zero attached hydrogens (tertiary/aromatic N) is 2. The Bertz CT molecular complexity index is 1060. The van der Waals surface area contributed by atoms with Crippen molar-refractivity contribution >= 4 is 15.9 Å². The minimum Gasteiger partial charge on any atom is -0.348 e. The van der Waals surface area contributed by atoms with Crippen molar-refractivity contribution in [2.24, 2.45) is 0 Å². The fraction of sp³-hybridized carbons (Fsp3) is 0.500. The van der Waals surface area contributed by atoms with Gasteiger partial charge in [0.15, 0.2) is 0 Å². The van der Waals surface area contributed by atoms with Gasteiger partial charge in [0.2, 0.25) is 15.9 Å². The van der Waals surface area contributed by atoms with Crippen molar-refractivity contribution in [2.45, 2.75) is 62.9 Å². The summed E-state index contributed by atoms with van der Waals surface area (Å²) in [6.45, 7) is 5.90. The predicted octanol–water partition coefficient (Wildman–Crippen LogP) is 3.53. The molecule has 6 nitrogen and oxygen atoms in total. The molecule has 2 atom stereocenters. The van der Waals surface area contributed by atoms with E-state index in [9.17, 15) is 13.2 Å². The van der Waals surface area contributed by atoms with Gasteiger partial charge in [-0.05, 0) is 61.4 Å². The lowest BCUT2D eigenvalue weighted by Crippen LogP contribution is -2.55. The number of piperazine rings is 1. The van der Waals surface area contributed by atoms with Gasteiger partial charge in [-0.1, -0.05) is 49.7 Å². The molecule has 1 saturated heterocycles. The number of nitrogens with one attached hydrogen (secondary N) is 1. The lowest BCUT2D eigenvalue weighted by molar-refractivity contribution is -0.127. The van der Waals surface area contributed by atoms with Crippen molar-refractivity contribution in [1.82, 2.24) is 14.5 Å². The Balaban J connectivity index is 1.34. The number of rotatable bonds is 7. The third kappa shape index (κ3) is 5.31. The molecule has 1 heterocycles. The van der Waals surface area contributed by atoms with E-state index >= 15 is 0 Å². The maximum Gasteiger partial charge on any atom is 0.243 e. The largest absolute Gasteiger partial charge is 0.348 e. The van der Waals surface area contributed by atoms with Crippen LogP contribution in [0, 0.1) is 0 Å². The van der Waals surface area contributed by atoms with Crippen LogP contribution in [-0.4, -0.2) is 55.8 Å². The number of hydrogen-bond donors (Lipinski definition) is 1.